The van der Waals surface area contributed by atoms with E-state index in [4.69, 9.17) is 17.3 Å². The molecule has 0 amide bonds. The van der Waals surface area contributed by atoms with Crippen molar-refractivity contribution in [3.05, 3.63) is 35.4 Å². The second-order valence-electron chi connectivity index (χ2n) is 4.96. The van der Waals surface area contributed by atoms with Crippen LogP contribution < -0.4 is 11.3 Å². The van der Waals surface area contributed by atoms with Crippen LogP contribution in [0.4, 0.5) is 5.82 Å². The van der Waals surface area contributed by atoms with Crippen molar-refractivity contribution in [2.45, 2.75) is 13.5 Å². The van der Waals surface area contributed by atoms with Crippen LogP contribution >= 0.6 is 19.5 Å². The zero-order valence-corrected chi connectivity index (χ0v) is 14.0. The lowest BCUT2D eigenvalue weighted by molar-refractivity contribution is 0.810. The second kappa shape index (κ2) is 6.15. The third-order valence-electron chi connectivity index (χ3n) is 3.44. The van der Waals surface area contributed by atoms with E-state index in [9.17, 15) is 0 Å². The molecule has 3 aromatic heterocycles. The van der Waals surface area contributed by atoms with Crippen molar-refractivity contribution in [1.29, 1.82) is 0 Å². The van der Waals surface area contributed by atoms with E-state index in [1.807, 2.05) is 10.6 Å². The highest BCUT2D eigenvalue weighted by Gasteiger charge is 2.14. The number of halogens is 1. The predicted octanol–water partition coefficient (Wildman–Crippen LogP) is 2.26. The lowest BCUT2D eigenvalue weighted by Crippen LogP contribution is -2.16. The van der Waals surface area contributed by atoms with E-state index in [-0.39, 0.29) is 0 Å². The summed E-state index contributed by atoms with van der Waals surface area (Å²) >= 11 is 5.82. The molecule has 0 saturated heterocycles. The number of nitrogen functional groups attached to an aromatic ring is 1. The maximum atomic E-state index is 6.03. The van der Waals surface area contributed by atoms with Crippen molar-refractivity contribution < 1.29 is 0 Å². The number of imidazole rings is 1. The summed E-state index contributed by atoms with van der Waals surface area (Å²) in [5, 5.41) is 0.479. The van der Waals surface area contributed by atoms with Crippen molar-refractivity contribution in [3.63, 3.8) is 0 Å². The first-order valence-electron chi connectivity index (χ1n) is 6.88. The Balaban J connectivity index is 2.02. The topological polar surface area (TPSA) is 82.5 Å². The Morgan fingerprint density at radius 3 is 2.77 bits per heavy atom. The van der Waals surface area contributed by atoms with Crippen LogP contribution in [0.1, 0.15) is 12.5 Å². The van der Waals surface area contributed by atoms with Gasteiger partial charge in [-0.05, 0) is 32.4 Å². The molecule has 3 aromatic rings. The van der Waals surface area contributed by atoms with Gasteiger partial charge >= 0.3 is 0 Å². The third-order valence-corrected chi connectivity index (χ3v) is 5.49. The van der Waals surface area contributed by atoms with E-state index in [0.29, 0.717) is 23.0 Å². The van der Waals surface area contributed by atoms with Crippen LogP contribution in [0.2, 0.25) is 5.15 Å². The quantitative estimate of drug-likeness (QED) is 0.584. The largest absolute Gasteiger partial charge is 0.382 e. The molecular formula is C14H16ClN6P. The first-order chi connectivity index (χ1) is 10.6. The Morgan fingerprint density at radius 2 is 2.09 bits per heavy atom. The summed E-state index contributed by atoms with van der Waals surface area (Å²) in [7, 11) is -0.393. The van der Waals surface area contributed by atoms with Crippen molar-refractivity contribution in [1.82, 2.24) is 24.5 Å². The molecule has 114 valence electrons. The van der Waals surface area contributed by atoms with Crippen molar-refractivity contribution in [2.75, 3.05) is 18.6 Å². The van der Waals surface area contributed by atoms with Crippen LogP contribution in [-0.4, -0.2) is 37.3 Å². The summed E-state index contributed by atoms with van der Waals surface area (Å²) in [6, 6.07) is 3.71. The molecule has 0 aliphatic rings. The van der Waals surface area contributed by atoms with E-state index < -0.39 is 7.92 Å². The molecule has 3 rings (SSSR count). The van der Waals surface area contributed by atoms with E-state index in [1.165, 1.54) is 0 Å². The predicted molar refractivity (Wildman–Crippen MR) is 91.1 cm³/mol. The number of nitrogens with two attached hydrogens (primary N) is 1. The minimum atomic E-state index is -0.393. The van der Waals surface area contributed by atoms with Gasteiger partial charge in [-0.2, -0.15) is 0 Å². The average molecular weight is 335 g/mol. The number of aromatic nitrogens is 5. The zero-order chi connectivity index (χ0) is 15.7. The zero-order valence-electron chi connectivity index (χ0n) is 12.4. The molecule has 0 aromatic carbocycles. The average Bonchev–Trinajstić information content (AvgIpc) is 2.92. The number of anilines is 1. The van der Waals surface area contributed by atoms with Gasteiger partial charge in [-0.1, -0.05) is 24.6 Å². The fourth-order valence-electron chi connectivity index (χ4n) is 2.08. The van der Waals surface area contributed by atoms with Crippen LogP contribution in [0.5, 0.6) is 0 Å². The van der Waals surface area contributed by atoms with Gasteiger partial charge in [0.2, 0.25) is 0 Å². The summed E-state index contributed by atoms with van der Waals surface area (Å²) in [6.45, 7) is 4.90. The number of nitrogens with zero attached hydrogens (tertiary/aromatic N) is 5. The second-order valence-corrected chi connectivity index (χ2v) is 7.77. The minimum absolute atomic E-state index is 0.393. The van der Waals surface area contributed by atoms with Crippen LogP contribution in [0.25, 0.3) is 11.2 Å². The third kappa shape index (κ3) is 2.89. The summed E-state index contributed by atoms with van der Waals surface area (Å²) in [5.74, 6) is 0.441. The molecule has 0 bridgehead atoms. The fourth-order valence-corrected chi connectivity index (χ4v) is 3.02. The first-order valence-corrected chi connectivity index (χ1v) is 9.23. The molecule has 8 heteroatoms. The van der Waals surface area contributed by atoms with E-state index in [2.05, 4.69) is 33.5 Å². The maximum absolute atomic E-state index is 6.03. The van der Waals surface area contributed by atoms with E-state index >= 15 is 0 Å². The molecule has 1 unspecified atom stereocenters. The van der Waals surface area contributed by atoms with Gasteiger partial charge in [-0.25, -0.2) is 19.9 Å². The van der Waals surface area contributed by atoms with Crippen molar-refractivity contribution >= 4 is 42.1 Å². The molecule has 2 N–H and O–H groups in total. The van der Waals surface area contributed by atoms with Crippen LogP contribution in [0.15, 0.2) is 24.7 Å². The number of hydrogen-bond donors (Lipinski definition) is 1. The summed E-state index contributed by atoms with van der Waals surface area (Å²) in [5.41, 5.74) is 9.28. The van der Waals surface area contributed by atoms with Crippen LogP contribution in [0.3, 0.4) is 0 Å². The molecule has 3 heterocycles. The van der Waals surface area contributed by atoms with Gasteiger partial charge in [-0.15, -0.1) is 0 Å². The fraction of sp³-hybridized carbons (Fsp3) is 0.286. The lowest BCUT2D eigenvalue weighted by atomic mass is 10.3. The normalized spacial score (nSPS) is 12.7. The molecule has 0 radical (unpaired) electrons. The molecule has 0 aliphatic carbocycles. The van der Waals surface area contributed by atoms with Gasteiger partial charge in [0.25, 0.3) is 0 Å². The van der Waals surface area contributed by atoms with Crippen molar-refractivity contribution in [2.24, 2.45) is 0 Å². The van der Waals surface area contributed by atoms with E-state index in [1.54, 1.807) is 18.6 Å². The number of pyridine rings is 1. The highest BCUT2D eigenvalue weighted by atomic mass is 35.5. The van der Waals surface area contributed by atoms with Gasteiger partial charge in [0.05, 0.1) is 12.9 Å². The SMILES string of the molecule is CCP(C)c1nc(N)c2ncn(Cc3ccc(Cl)nc3)c2n1. The van der Waals surface area contributed by atoms with Crippen LogP contribution in [0, 0.1) is 0 Å². The minimum Gasteiger partial charge on any atom is -0.382 e. The first kappa shape index (κ1) is 15.1. The molecule has 0 fully saturated rings. The van der Waals surface area contributed by atoms with E-state index in [0.717, 1.165) is 22.9 Å². The highest BCUT2D eigenvalue weighted by molar-refractivity contribution is 7.64. The van der Waals surface area contributed by atoms with Gasteiger partial charge in [0.15, 0.2) is 17.0 Å². The van der Waals surface area contributed by atoms with Gasteiger partial charge in [0, 0.05) is 6.20 Å². The van der Waals surface area contributed by atoms with Gasteiger partial charge in [-0.3, -0.25) is 0 Å². The molecular weight excluding hydrogens is 319 g/mol. The summed E-state index contributed by atoms with van der Waals surface area (Å²) in [6.07, 6.45) is 4.51. The highest BCUT2D eigenvalue weighted by Crippen LogP contribution is 2.28. The lowest BCUT2D eigenvalue weighted by Gasteiger charge is -2.10. The Hall–Kier alpha value is -1.78. The number of fused-ring (bicyclic) bond motifs is 1. The Labute approximate surface area is 134 Å². The smallest absolute Gasteiger partial charge is 0.166 e. The van der Waals surface area contributed by atoms with Crippen molar-refractivity contribution in [3.8, 4) is 0 Å². The standard InChI is InChI=1S/C14H16ClN6P/c1-3-22(2)14-19-12(16)11-13(20-14)21(8-18-11)7-9-4-5-10(15)17-6-9/h4-6,8H,3,7H2,1-2H3,(H2,16,19,20). The maximum Gasteiger partial charge on any atom is 0.166 e. The molecule has 0 saturated carbocycles. The Kier molecular flexibility index (Phi) is 4.23. The molecule has 22 heavy (non-hydrogen) atoms. The molecule has 6 nitrogen and oxygen atoms in total. The Bertz CT molecular complexity index is 801. The summed E-state index contributed by atoms with van der Waals surface area (Å²) in [4.78, 5) is 17.5. The van der Waals surface area contributed by atoms with Gasteiger partial charge in [0.1, 0.15) is 10.7 Å². The molecule has 0 aliphatic heterocycles. The Morgan fingerprint density at radius 1 is 1.27 bits per heavy atom. The number of rotatable bonds is 4. The molecule has 0 spiro atoms. The monoisotopic (exact) mass is 334 g/mol. The van der Waals surface area contributed by atoms with Crippen LogP contribution in [-0.2, 0) is 6.54 Å². The molecule has 1 atom stereocenters. The van der Waals surface area contributed by atoms with Gasteiger partial charge < -0.3 is 10.3 Å². The number of hydrogen-bond acceptors (Lipinski definition) is 5. The summed E-state index contributed by atoms with van der Waals surface area (Å²) < 4.78 is 1.96.